The molecule has 0 fully saturated rings. The van der Waals surface area contributed by atoms with Crippen LogP contribution in [0.1, 0.15) is 29.7 Å². The van der Waals surface area contributed by atoms with Crippen LogP contribution in [0.25, 0.3) is 0 Å². The molecule has 0 unspecified atom stereocenters. The van der Waals surface area contributed by atoms with Crippen LogP contribution in [0, 0.1) is 0 Å². The second kappa shape index (κ2) is 9.15. The highest BCUT2D eigenvalue weighted by atomic mass is 16.2. The largest absolute Gasteiger partial charge is 0.325 e. The molecule has 0 bridgehead atoms. The van der Waals surface area contributed by atoms with Gasteiger partial charge in [-0.2, -0.15) is 0 Å². The second-order valence-electron chi connectivity index (χ2n) is 6.70. The van der Waals surface area contributed by atoms with Crippen molar-refractivity contribution in [2.75, 3.05) is 18.9 Å². The summed E-state index contributed by atoms with van der Waals surface area (Å²) in [6, 6.07) is 28.6. The number of hydrogen-bond acceptors (Lipinski definition) is 2. The molecule has 138 valence electrons. The van der Waals surface area contributed by atoms with Gasteiger partial charge in [0.1, 0.15) is 0 Å². The standard InChI is InChI=1S/C24H26N2O/c1-3-19-12-10-11-17-22(19)25-23(27)18-26(2)24(20-13-6-4-7-14-20)21-15-8-5-9-16-21/h4-17,24H,3,18H2,1-2H3,(H,25,27). The zero-order valence-corrected chi connectivity index (χ0v) is 15.9. The SMILES string of the molecule is CCc1ccccc1NC(=O)CN(C)C(c1ccccc1)c1ccccc1. The van der Waals surface area contributed by atoms with Crippen LogP contribution in [0.4, 0.5) is 5.69 Å². The van der Waals surface area contributed by atoms with E-state index in [-0.39, 0.29) is 11.9 Å². The molecular formula is C24H26N2O. The summed E-state index contributed by atoms with van der Waals surface area (Å²) in [7, 11) is 2.00. The summed E-state index contributed by atoms with van der Waals surface area (Å²) in [5.41, 5.74) is 4.39. The smallest absolute Gasteiger partial charge is 0.238 e. The number of nitrogens with one attached hydrogen (secondary N) is 1. The zero-order chi connectivity index (χ0) is 19.1. The Balaban J connectivity index is 1.78. The van der Waals surface area contributed by atoms with Gasteiger partial charge in [-0.25, -0.2) is 0 Å². The fourth-order valence-electron chi connectivity index (χ4n) is 3.43. The number of anilines is 1. The Morgan fingerprint density at radius 2 is 1.37 bits per heavy atom. The van der Waals surface area contributed by atoms with E-state index in [0.717, 1.165) is 17.7 Å². The first-order valence-corrected chi connectivity index (χ1v) is 9.37. The van der Waals surface area contributed by atoms with Gasteiger partial charge >= 0.3 is 0 Å². The lowest BCUT2D eigenvalue weighted by atomic mass is 9.97. The van der Waals surface area contributed by atoms with E-state index >= 15 is 0 Å². The van der Waals surface area contributed by atoms with Gasteiger partial charge < -0.3 is 5.32 Å². The highest BCUT2D eigenvalue weighted by Crippen LogP contribution is 2.27. The van der Waals surface area contributed by atoms with Gasteiger partial charge in [0.25, 0.3) is 0 Å². The van der Waals surface area contributed by atoms with Crippen molar-refractivity contribution in [1.82, 2.24) is 4.90 Å². The molecule has 0 radical (unpaired) electrons. The molecule has 0 aromatic heterocycles. The minimum absolute atomic E-state index is 0.00439. The van der Waals surface area contributed by atoms with Crippen LogP contribution in [0.3, 0.4) is 0 Å². The molecule has 0 aliphatic heterocycles. The molecule has 0 heterocycles. The molecule has 1 amide bonds. The number of rotatable bonds is 7. The van der Waals surface area contributed by atoms with E-state index in [4.69, 9.17) is 0 Å². The third-order valence-electron chi connectivity index (χ3n) is 4.74. The van der Waals surface area contributed by atoms with Gasteiger partial charge in [0, 0.05) is 5.69 Å². The number of carbonyl (C=O) groups excluding carboxylic acids is 1. The number of amides is 1. The first kappa shape index (κ1) is 18.9. The van der Waals surface area contributed by atoms with Crippen LogP contribution < -0.4 is 5.32 Å². The number of hydrogen-bond donors (Lipinski definition) is 1. The Bertz CT molecular complexity index is 822. The summed E-state index contributed by atoms with van der Waals surface area (Å²) < 4.78 is 0. The lowest BCUT2D eigenvalue weighted by Crippen LogP contribution is -2.34. The van der Waals surface area contributed by atoms with Gasteiger partial charge in [-0.05, 0) is 36.2 Å². The molecule has 3 heteroatoms. The predicted molar refractivity (Wildman–Crippen MR) is 112 cm³/mol. The van der Waals surface area contributed by atoms with Crippen molar-refractivity contribution in [1.29, 1.82) is 0 Å². The van der Waals surface area contributed by atoms with Crippen LogP contribution in [-0.2, 0) is 11.2 Å². The monoisotopic (exact) mass is 358 g/mol. The molecule has 27 heavy (non-hydrogen) atoms. The van der Waals surface area contributed by atoms with E-state index in [1.54, 1.807) is 0 Å². The van der Waals surface area contributed by atoms with Gasteiger partial charge in [-0.1, -0.05) is 85.8 Å². The van der Waals surface area contributed by atoms with Gasteiger partial charge in [0.15, 0.2) is 0 Å². The molecule has 3 aromatic carbocycles. The fraction of sp³-hybridized carbons (Fsp3) is 0.208. The Hall–Kier alpha value is -2.91. The highest BCUT2D eigenvalue weighted by molar-refractivity contribution is 5.93. The van der Waals surface area contributed by atoms with Crippen molar-refractivity contribution in [2.24, 2.45) is 0 Å². The molecule has 0 saturated heterocycles. The molecule has 0 aliphatic carbocycles. The molecule has 1 N–H and O–H groups in total. The van der Waals surface area contributed by atoms with Crippen molar-refractivity contribution < 1.29 is 4.79 Å². The quantitative estimate of drug-likeness (QED) is 0.651. The predicted octanol–water partition coefficient (Wildman–Crippen LogP) is 4.91. The maximum atomic E-state index is 12.7. The van der Waals surface area contributed by atoms with E-state index in [1.165, 1.54) is 11.1 Å². The summed E-state index contributed by atoms with van der Waals surface area (Å²) in [4.78, 5) is 14.8. The summed E-state index contributed by atoms with van der Waals surface area (Å²) in [6.45, 7) is 2.41. The summed E-state index contributed by atoms with van der Waals surface area (Å²) in [5, 5.41) is 3.07. The summed E-state index contributed by atoms with van der Waals surface area (Å²) in [6.07, 6.45) is 0.892. The number of nitrogens with zero attached hydrogens (tertiary/aromatic N) is 1. The average molecular weight is 358 g/mol. The first-order chi connectivity index (χ1) is 13.2. The van der Waals surface area contributed by atoms with Gasteiger partial charge in [0.2, 0.25) is 5.91 Å². The highest BCUT2D eigenvalue weighted by Gasteiger charge is 2.21. The Morgan fingerprint density at radius 1 is 0.852 bits per heavy atom. The third kappa shape index (κ3) is 4.83. The van der Waals surface area contributed by atoms with Crippen LogP contribution >= 0.6 is 0 Å². The van der Waals surface area contributed by atoms with Crippen molar-refractivity contribution in [3.05, 3.63) is 102 Å². The lowest BCUT2D eigenvalue weighted by molar-refractivity contribution is -0.117. The van der Waals surface area contributed by atoms with Crippen LogP contribution in [0.5, 0.6) is 0 Å². The molecule has 3 rings (SSSR count). The Labute approximate surface area is 161 Å². The third-order valence-corrected chi connectivity index (χ3v) is 4.74. The average Bonchev–Trinajstić information content (AvgIpc) is 2.70. The fourth-order valence-corrected chi connectivity index (χ4v) is 3.43. The van der Waals surface area contributed by atoms with E-state index < -0.39 is 0 Å². The maximum absolute atomic E-state index is 12.7. The molecule has 3 nitrogen and oxygen atoms in total. The summed E-state index contributed by atoms with van der Waals surface area (Å²) >= 11 is 0. The van der Waals surface area contributed by atoms with Crippen molar-refractivity contribution >= 4 is 11.6 Å². The van der Waals surface area contributed by atoms with Gasteiger partial charge in [-0.15, -0.1) is 0 Å². The maximum Gasteiger partial charge on any atom is 0.238 e. The van der Waals surface area contributed by atoms with Crippen LogP contribution in [0.2, 0.25) is 0 Å². The van der Waals surface area contributed by atoms with Crippen molar-refractivity contribution in [2.45, 2.75) is 19.4 Å². The topological polar surface area (TPSA) is 32.3 Å². The van der Waals surface area contributed by atoms with Crippen LogP contribution in [-0.4, -0.2) is 24.4 Å². The van der Waals surface area contributed by atoms with Gasteiger partial charge in [0.05, 0.1) is 12.6 Å². The van der Waals surface area contributed by atoms with E-state index in [1.807, 2.05) is 61.6 Å². The molecule has 0 spiro atoms. The second-order valence-corrected chi connectivity index (χ2v) is 6.70. The van der Waals surface area contributed by atoms with Crippen molar-refractivity contribution in [3.8, 4) is 0 Å². The number of aryl methyl sites for hydroxylation is 1. The summed E-state index contributed by atoms with van der Waals surface area (Å²) in [5.74, 6) is -0.00439. The normalized spacial score (nSPS) is 11.0. The molecule has 3 aromatic rings. The van der Waals surface area contributed by atoms with E-state index in [9.17, 15) is 4.79 Å². The molecule has 0 saturated carbocycles. The number of para-hydroxylation sites is 1. The van der Waals surface area contributed by atoms with E-state index in [2.05, 4.69) is 47.5 Å². The minimum Gasteiger partial charge on any atom is -0.325 e. The zero-order valence-electron chi connectivity index (χ0n) is 15.9. The molecular weight excluding hydrogens is 332 g/mol. The lowest BCUT2D eigenvalue weighted by Gasteiger charge is -2.28. The Kier molecular flexibility index (Phi) is 6.39. The van der Waals surface area contributed by atoms with E-state index in [0.29, 0.717) is 6.54 Å². The first-order valence-electron chi connectivity index (χ1n) is 9.37. The Morgan fingerprint density at radius 3 is 1.93 bits per heavy atom. The van der Waals surface area contributed by atoms with Crippen molar-refractivity contribution in [3.63, 3.8) is 0 Å². The molecule has 0 atom stereocenters. The van der Waals surface area contributed by atoms with Gasteiger partial charge in [-0.3, -0.25) is 9.69 Å². The molecule has 0 aliphatic rings. The minimum atomic E-state index is -0.00439. The number of carbonyl (C=O) groups is 1. The number of likely N-dealkylation sites (N-methyl/N-ethyl adjacent to an activating group) is 1. The number of benzene rings is 3. The van der Waals surface area contributed by atoms with Crippen LogP contribution in [0.15, 0.2) is 84.9 Å².